The molecular formula is C11H15NO4. The van der Waals surface area contributed by atoms with Crippen LogP contribution in [0.3, 0.4) is 0 Å². The maximum Gasteiger partial charge on any atom is 0.189 e. The van der Waals surface area contributed by atoms with Gasteiger partial charge in [0.05, 0.1) is 33.0 Å². The lowest BCUT2D eigenvalue weighted by molar-refractivity contribution is -0.0450. The van der Waals surface area contributed by atoms with Crippen molar-refractivity contribution < 1.29 is 18.9 Å². The predicted octanol–water partition coefficient (Wildman–Crippen LogP) is 1.33. The van der Waals surface area contributed by atoms with Crippen molar-refractivity contribution >= 4 is 5.69 Å². The molecule has 1 aromatic carbocycles. The van der Waals surface area contributed by atoms with Gasteiger partial charge in [-0.15, -0.1) is 0 Å². The van der Waals surface area contributed by atoms with E-state index in [1.54, 1.807) is 26.4 Å². The van der Waals surface area contributed by atoms with Crippen LogP contribution in [-0.4, -0.2) is 27.4 Å². The highest BCUT2D eigenvalue weighted by Gasteiger charge is 2.26. The first-order chi connectivity index (χ1) is 7.77. The van der Waals surface area contributed by atoms with Gasteiger partial charge in [-0.3, -0.25) is 0 Å². The molecule has 0 spiro atoms. The molecule has 1 fully saturated rings. The Morgan fingerprint density at radius 3 is 2.44 bits per heavy atom. The number of ether oxygens (including phenoxy) is 4. The fraction of sp³-hybridized carbons (Fsp3) is 0.455. The van der Waals surface area contributed by atoms with Crippen LogP contribution in [0.1, 0.15) is 11.9 Å². The number of anilines is 1. The van der Waals surface area contributed by atoms with Gasteiger partial charge in [0.2, 0.25) is 0 Å². The molecule has 1 aliphatic rings. The Labute approximate surface area is 94.0 Å². The van der Waals surface area contributed by atoms with Crippen molar-refractivity contribution in [1.82, 2.24) is 0 Å². The summed E-state index contributed by atoms with van der Waals surface area (Å²) in [4.78, 5) is 0. The highest BCUT2D eigenvalue weighted by molar-refractivity contribution is 5.61. The minimum Gasteiger partial charge on any atom is -0.493 e. The Kier molecular flexibility index (Phi) is 3.17. The summed E-state index contributed by atoms with van der Waals surface area (Å²) in [5, 5.41) is 0. The second kappa shape index (κ2) is 4.59. The summed E-state index contributed by atoms with van der Waals surface area (Å²) in [5.74, 6) is 1.18. The molecule has 0 bridgehead atoms. The fourth-order valence-electron chi connectivity index (χ4n) is 1.73. The van der Waals surface area contributed by atoms with Crippen LogP contribution in [0, 0.1) is 0 Å². The SMILES string of the molecule is COc1ccc(N)c(C2OCCO2)c1OC. The minimum absolute atomic E-state index is 0.468. The van der Waals surface area contributed by atoms with Crippen LogP contribution in [0.15, 0.2) is 12.1 Å². The van der Waals surface area contributed by atoms with E-state index in [9.17, 15) is 0 Å². The number of nitrogens with two attached hydrogens (primary N) is 1. The molecule has 5 nitrogen and oxygen atoms in total. The topological polar surface area (TPSA) is 62.9 Å². The fourth-order valence-corrected chi connectivity index (χ4v) is 1.73. The summed E-state index contributed by atoms with van der Waals surface area (Å²) in [6, 6.07) is 3.51. The van der Waals surface area contributed by atoms with E-state index in [0.717, 1.165) is 0 Å². The second-order valence-corrected chi connectivity index (χ2v) is 3.38. The lowest BCUT2D eigenvalue weighted by Crippen LogP contribution is -2.06. The van der Waals surface area contributed by atoms with Gasteiger partial charge in [0, 0.05) is 5.69 Å². The van der Waals surface area contributed by atoms with Crippen LogP contribution in [0.2, 0.25) is 0 Å². The quantitative estimate of drug-likeness (QED) is 0.786. The molecular weight excluding hydrogens is 210 g/mol. The van der Waals surface area contributed by atoms with E-state index in [2.05, 4.69) is 0 Å². The molecule has 0 radical (unpaired) electrons. The summed E-state index contributed by atoms with van der Waals surface area (Å²) in [6.45, 7) is 1.12. The summed E-state index contributed by atoms with van der Waals surface area (Å²) in [6.07, 6.45) is -0.468. The Morgan fingerprint density at radius 2 is 1.88 bits per heavy atom. The zero-order valence-electron chi connectivity index (χ0n) is 9.36. The minimum atomic E-state index is -0.468. The molecule has 88 valence electrons. The van der Waals surface area contributed by atoms with Crippen molar-refractivity contribution in [3.05, 3.63) is 17.7 Å². The first kappa shape index (κ1) is 11.0. The molecule has 1 heterocycles. The van der Waals surface area contributed by atoms with E-state index in [-0.39, 0.29) is 0 Å². The van der Waals surface area contributed by atoms with Gasteiger partial charge < -0.3 is 24.7 Å². The second-order valence-electron chi connectivity index (χ2n) is 3.38. The van der Waals surface area contributed by atoms with Gasteiger partial charge in [-0.25, -0.2) is 0 Å². The predicted molar refractivity (Wildman–Crippen MR) is 58.6 cm³/mol. The molecule has 2 rings (SSSR count). The normalized spacial score (nSPS) is 16.4. The zero-order valence-corrected chi connectivity index (χ0v) is 9.36. The molecule has 0 aromatic heterocycles. The van der Waals surface area contributed by atoms with E-state index < -0.39 is 6.29 Å². The molecule has 1 saturated heterocycles. The summed E-state index contributed by atoms with van der Waals surface area (Å²) in [5.41, 5.74) is 7.17. The van der Waals surface area contributed by atoms with Crippen molar-refractivity contribution in [2.24, 2.45) is 0 Å². The lowest BCUT2D eigenvalue weighted by atomic mass is 10.1. The third-order valence-corrected chi connectivity index (χ3v) is 2.48. The van der Waals surface area contributed by atoms with E-state index in [0.29, 0.717) is 36.0 Å². The maximum absolute atomic E-state index is 5.90. The monoisotopic (exact) mass is 225 g/mol. The van der Waals surface area contributed by atoms with Crippen LogP contribution in [-0.2, 0) is 9.47 Å². The molecule has 0 unspecified atom stereocenters. The maximum atomic E-state index is 5.90. The van der Waals surface area contributed by atoms with Crippen LogP contribution >= 0.6 is 0 Å². The highest BCUT2D eigenvalue weighted by Crippen LogP contribution is 2.41. The van der Waals surface area contributed by atoms with Gasteiger partial charge in [0.25, 0.3) is 0 Å². The van der Waals surface area contributed by atoms with E-state index in [4.69, 9.17) is 24.7 Å². The molecule has 0 aliphatic carbocycles. The zero-order chi connectivity index (χ0) is 11.5. The standard InChI is InChI=1S/C11H15NO4/c1-13-8-4-3-7(12)9(10(8)14-2)11-15-5-6-16-11/h3-4,11H,5-6,12H2,1-2H3. The van der Waals surface area contributed by atoms with Crippen molar-refractivity contribution in [1.29, 1.82) is 0 Å². The molecule has 1 aromatic rings. The van der Waals surface area contributed by atoms with Gasteiger partial charge in [0.15, 0.2) is 17.8 Å². The van der Waals surface area contributed by atoms with Crippen molar-refractivity contribution in [3.63, 3.8) is 0 Å². The Balaban J connectivity index is 2.47. The summed E-state index contributed by atoms with van der Waals surface area (Å²) < 4.78 is 21.3. The average molecular weight is 225 g/mol. The average Bonchev–Trinajstić information content (AvgIpc) is 2.81. The number of hydrogen-bond acceptors (Lipinski definition) is 5. The Bertz CT molecular complexity index is 374. The van der Waals surface area contributed by atoms with E-state index >= 15 is 0 Å². The van der Waals surface area contributed by atoms with Gasteiger partial charge in [-0.05, 0) is 12.1 Å². The smallest absolute Gasteiger partial charge is 0.189 e. The first-order valence-electron chi connectivity index (χ1n) is 5.01. The number of nitrogen functional groups attached to an aromatic ring is 1. The molecule has 16 heavy (non-hydrogen) atoms. The number of methoxy groups -OCH3 is 2. The van der Waals surface area contributed by atoms with Crippen molar-refractivity contribution in [2.45, 2.75) is 6.29 Å². The van der Waals surface area contributed by atoms with Crippen molar-refractivity contribution in [3.8, 4) is 11.5 Å². The summed E-state index contributed by atoms with van der Waals surface area (Å²) >= 11 is 0. The molecule has 1 aliphatic heterocycles. The molecule has 0 atom stereocenters. The van der Waals surface area contributed by atoms with Gasteiger partial charge in [-0.2, -0.15) is 0 Å². The van der Waals surface area contributed by atoms with Gasteiger partial charge >= 0.3 is 0 Å². The molecule has 0 saturated carbocycles. The largest absolute Gasteiger partial charge is 0.493 e. The third kappa shape index (κ3) is 1.79. The number of rotatable bonds is 3. The third-order valence-electron chi connectivity index (χ3n) is 2.48. The van der Waals surface area contributed by atoms with Crippen LogP contribution in [0.5, 0.6) is 11.5 Å². The lowest BCUT2D eigenvalue weighted by Gasteiger charge is -2.18. The first-order valence-corrected chi connectivity index (χ1v) is 5.01. The highest BCUT2D eigenvalue weighted by atomic mass is 16.7. The Morgan fingerprint density at radius 1 is 1.19 bits per heavy atom. The van der Waals surface area contributed by atoms with Crippen LogP contribution < -0.4 is 15.2 Å². The number of hydrogen-bond donors (Lipinski definition) is 1. The molecule has 2 N–H and O–H groups in total. The van der Waals surface area contributed by atoms with Gasteiger partial charge in [0.1, 0.15) is 0 Å². The van der Waals surface area contributed by atoms with E-state index in [1.807, 2.05) is 0 Å². The van der Waals surface area contributed by atoms with Gasteiger partial charge in [-0.1, -0.05) is 0 Å². The van der Waals surface area contributed by atoms with Crippen LogP contribution in [0.25, 0.3) is 0 Å². The Hall–Kier alpha value is -1.46. The molecule has 5 heteroatoms. The number of benzene rings is 1. The van der Waals surface area contributed by atoms with Crippen LogP contribution in [0.4, 0.5) is 5.69 Å². The van der Waals surface area contributed by atoms with E-state index in [1.165, 1.54) is 0 Å². The molecule has 0 amide bonds. The summed E-state index contributed by atoms with van der Waals surface area (Å²) in [7, 11) is 3.14. The van der Waals surface area contributed by atoms with Crippen molar-refractivity contribution in [2.75, 3.05) is 33.2 Å².